The van der Waals surface area contributed by atoms with Gasteiger partial charge in [-0.25, -0.2) is 0 Å². The predicted octanol–water partition coefficient (Wildman–Crippen LogP) is 3.08. The number of amides is 1. The van der Waals surface area contributed by atoms with Gasteiger partial charge in [-0.05, 0) is 35.9 Å². The third-order valence-corrected chi connectivity index (χ3v) is 3.16. The maximum absolute atomic E-state index is 11.9. The minimum Gasteiger partial charge on any atom is -0.497 e. The highest BCUT2D eigenvalue weighted by molar-refractivity contribution is 6.02. The highest BCUT2D eigenvalue weighted by Crippen LogP contribution is 2.32. The number of rotatable bonds is 4. The minimum atomic E-state index is -0.217. The van der Waals surface area contributed by atoms with E-state index in [2.05, 4.69) is 5.32 Å². The molecule has 0 atom stereocenters. The Morgan fingerprint density at radius 1 is 1.18 bits per heavy atom. The molecular formula is C17H15NO4. The fourth-order valence-electron chi connectivity index (χ4n) is 2.07. The topological polar surface area (TPSA) is 56.8 Å². The van der Waals surface area contributed by atoms with Crippen molar-refractivity contribution in [1.82, 2.24) is 0 Å². The van der Waals surface area contributed by atoms with Crippen LogP contribution in [0, 0.1) is 0 Å². The third kappa shape index (κ3) is 3.20. The Morgan fingerprint density at radius 2 is 2.05 bits per heavy atom. The molecule has 5 heteroatoms. The summed E-state index contributed by atoms with van der Waals surface area (Å²) in [6.45, 7) is 0.235. The van der Waals surface area contributed by atoms with Gasteiger partial charge in [-0.1, -0.05) is 12.1 Å². The SMILES string of the molecule is COc1cccc(NC(=O)/C=C/c2ccc3c(c2)OCO3)c1. The Labute approximate surface area is 128 Å². The van der Waals surface area contributed by atoms with Gasteiger partial charge >= 0.3 is 0 Å². The number of carbonyl (C=O) groups excluding carboxylic acids is 1. The summed E-state index contributed by atoms with van der Waals surface area (Å²) in [6.07, 6.45) is 3.19. The van der Waals surface area contributed by atoms with Crippen LogP contribution in [0.3, 0.4) is 0 Å². The second kappa shape index (κ2) is 6.22. The molecular weight excluding hydrogens is 282 g/mol. The van der Waals surface area contributed by atoms with Gasteiger partial charge in [0, 0.05) is 17.8 Å². The van der Waals surface area contributed by atoms with Crippen molar-refractivity contribution in [3.63, 3.8) is 0 Å². The van der Waals surface area contributed by atoms with Crippen LogP contribution in [-0.4, -0.2) is 19.8 Å². The number of ether oxygens (including phenoxy) is 3. The third-order valence-electron chi connectivity index (χ3n) is 3.16. The maximum atomic E-state index is 11.9. The van der Waals surface area contributed by atoms with Crippen molar-refractivity contribution in [1.29, 1.82) is 0 Å². The van der Waals surface area contributed by atoms with E-state index in [4.69, 9.17) is 14.2 Å². The molecule has 1 aliphatic heterocycles. The van der Waals surface area contributed by atoms with E-state index in [9.17, 15) is 4.79 Å². The van der Waals surface area contributed by atoms with E-state index in [1.165, 1.54) is 6.08 Å². The van der Waals surface area contributed by atoms with E-state index < -0.39 is 0 Å². The zero-order valence-electron chi connectivity index (χ0n) is 12.0. The van der Waals surface area contributed by atoms with Gasteiger partial charge < -0.3 is 19.5 Å². The summed E-state index contributed by atoms with van der Waals surface area (Å²) >= 11 is 0. The Morgan fingerprint density at radius 3 is 2.91 bits per heavy atom. The van der Waals surface area contributed by atoms with E-state index in [0.717, 1.165) is 11.3 Å². The highest BCUT2D eigenvalue weighted by atomic mass is 16.7. The number of methoxy groups -OCH3 is 1. The van der Waals surface area contributed by atoms with E-state index in [1.807, 2.05) is 30.3 Å². The Kier molecular flexibility index (Phi) is 3.96. The minimum absolute atomic E-state index is 0.217. The number of nitrogens with one attached hydrogen (secondary N) is 1. The lowest BCUT2D eigenvalue weighted by Gasteiger charge is -2.04. The monoisotopic (exact) mass is 297 g/mol. The number of fused-ring (bicyclic) bond motifs is 1. The van der Waals surface area contributed by atoms with Crippen LogP contribution in [0.1, 0.15) is 5.56 Å². The van der Waals surface area contributed by atoms with Gasteiger partial charge in [0.1, 0.15) is 5.75 Å². The van der Waals surface area contributed by atoms with E-state index in [-0.39, 0.29) is 12.7 Å². The van der Waals surface area contributed by atoms with Crippen molar-refractivity contribution < 1.29 is 19.0 Å². The number of hydrogen-bond acceptors (Lipinski definition) is 4. The van der Waals surface area contributed by atoms with Crippen molar-refractivity contribution in [2.75, 3.05) is 19.2 Å². The van der Waals surface area contributed by atoms with Crippen LogP contribution in [0.15, 0.2) is 48.5 Å². The molecule has 0 saturated carbocycles. The first-order valence-electron chi connectivity index (χ1n) is 6.77. The molecule has 1 N–H and O–H groups in total. The van der Waals surface area contributed by atoms with Gasteiger partial charge in [0.05, 0.1) is 7.11 Å². The summed E-state index contributed by atoms with van der Waals surface area (Å²) in [5, 5.41) is 2.78. The number of hydrogen-bond donors (Lipinski definition) is 1. The van der Waals surface area contributed by atoms with Crippen molar-refractivity contribution in [3.8, 4) is 17.2 Å². The van der Waals surface area contributed by atoms with Crippen molar-refractivity contribution in [2.45, 2.75) is 0 Å². The largest absolute Gasteiger partial charge is 0.497 e. The molecule has 0 unspecified atom stereocenters. The maximum Gasteiger partial charge on any atom is 0.248 e. The lowest BCUT2D eigenvalue weighted by Crippen LogP contribution is -2.07. The van der Waals surface area contributed by atoms with Crippen LogP contribution in [0.4, 0.5) is 5.69 Å². The van der Waals surface area contributed by atoms with Crippen molar-refractivity contribution >= 4 is 17.7 Å². The predicted molar refractivity (Wildman–Crippen MR) is 83.2 cm³/mol. The van der Waals surface area contributed by atoms with Gasteiger partial charge in [0.15, 0.2) is 11.5 Å². The normalized spacial score (nSPS) is 12.4. The first-order chi connectivity index (χ1) is 10.7. The van der Waals surface area contributed by atoms with E-state index >= 15 is 0 Å². The molecule has 1 heterocycles. The fraction of sp³-hybridized carbons (Fsp3) is 0.118. The molecule has 3 rings (SSSR count). The number of benzene rings is 2. The molecule has 0 aromatic heterocycles. The molecule has 1 amide bonds. The van der Waals surface area contributed by atoms with Crippen LogP contribution in [0.25, 0.3) is 6.08 Å². The molecule has 0 fully saturated rings. The zero-order chi connectivity index (χ0) is 15.4. The van der Waals surface area contributed by atoms with Crippen molar-refractivity contribution in [3.05, 3.63) is 54.1 Å². The Bertz CT molecular complexity index is 724. The van der Waals surface area contributed by atoms with Gasteiger partial charge in [0.25, 0.3) is 0 Å². The molecule has 0 bridgehead atoms. The molecule has 1 aliphatic rings. The van der Waals surface area contributed by atoms with E-state index in [1.54, 1.807) is 25.3 Å². The lowest BCUT2D eigenvalue weighted by atomic mass is 10.2. The van der Waals surface area contributed by atoms with Gasteiger partial charge in [-0.2, -0.15) is 0 Å². The smallest absolute Gasteiger partial charge is 0.248 e. The van der Waals surface area contributed by atoms with Gasteiger partial charge in [-0.15, -0.1) is 0 Å². The molecule has 0 radical (unpaired) electrons. The van der Waals surface area contributed by atoms with Crippen LogP contribution in [0.5, 0.6) is 17.2 Å². The van der Waals surface area contributed by atoms with Crippen molar-refractivity contribution in [2.24, 2.45) is 0 Å². The van der Waals surface area contributed by atoms with E-state index in [0.29, 0.717) is 17.2 Å². The summed E-state index contributed by atoms with van der Waals surface area (Å²) in [7, 11) is 1.58. The second-order valence-corrected chi connectivity index (χ2v) is 4.67. The average Bonchev–Trinajstić information content (AvgIpc) is 3.00. The standard InChI is InChI=1S/C17H15NO4/c1-20-14-4-2-3-13(10-14)18-17(19)8-6-12-5-7-15-16(9-12)22-11-21-15/h2-10H,11H2,1H3,(H,18,19)/b8-6+. The van der Waals surface area contributed by atoms with Crippen LogP contribution >= 0.6 is 0 Å². The first-order valence-corrected chi connectivity index (χ1v) is 6.77. The molecule has 2 aromatic carbocycles. The molecule has 5 nitrogen and oxygen atoms in total. The summed E-state index contributed by atoms with van der Waals surface area (Å²) in [4.78, 5) is 11.9. The summed E-state index contributed by atoms with van der Waals surface area (Å²) < 4.78 is 15.7. The Balaban J connectivity index is 1.66. The summed E-state index contributed by atoms with van der Waals surface area (Å²) in [5.74, 6) is 1.89. The Hall–Kier alpha value is -2.95. The van der Waals surface area contributed by atoms with Crippen LogP contribution in [-0.2, 0) is 4.79 Å². The molecule has 22 heavy (non-hydrogen) atoms. The van der Waals surface area contributed by atoms with Crippen LogP contribution in [0.2, 0.25) is 0 Å². The second-order valence-electron chi connectivity index (χ2n) is 4.67. The fourth-order valence-corrected chi connectivity index (χ4v) is 2.07. The highest BCUT2D eigenvalue weighted by Gasteiger charge is 2.12. The molecule has 112 valence electrons. The quantitative estimate of drug-likeness (QED) is 0.881. The van der Waals surface area contributed by atoms with Gasteiger partial charge in [0.2, 0.25) is 12.7 Å². The summed E-state index contributed by atoms with van der Waals surface area (Å²) in [5.41, 5.74) is 1.55. The average molecular weight is 297 g/mol. The van der Waals surface area contributed by atoms with Crippen LogP contribution < -0.4 is 19.5 Å². The first kappa shape index (κ1) is 14.0. The summed E-state index contributed by atoms with van der Waals surface area (Å²) in [6, 6.07) is 12.7. The molecule has 0 saturated heterocycles. The number of anilines is 1. The van der Waals surface area contributed by atoms with Gasteiger partial charge in [-0.3, -0.25) is 4.79 Å². The molecule has 0 aliphatic carbocycles. The zero-order valence-corrected chi connectivity index (χ0v) is 12.0. The number of carbonyl (C=O) groups is 1. The molecule has 2 aromatic rings. The lowest BCUT2D eigenvalue weighted by molar-refractivity contribution is -0.111. The molecule has 0 spiro atoms.